The Balaban J connectivity index is 1.68. The molecular weight excluding hydrogens is 346 g/mol. The van der Waals surface area contributed by atoms with Crippen LogP contribution in [-0.4, -0.2) is 51.9 Å². The number of hydrogen-bond acceptors (Lipinski definition) is 6. The molecule has 27 heavy (non-hydrogen) atoms. The highest BCUT2D eigenvalue weighted by Gasteiger charge is 2.37. The van der Waals surface area contributed by atoms with E-state index in [9.17, 15) is 9.59 Å². The van der Waals surface area contributed by atoms with Crippen molar-refractivity contribution in [2.75, 3.05) is 13.1 Å². The van der Waals surface area contributed by atoms with Gasteiger partial charge in [-0.3, -0.25) is 19.5 Å². The molecule has 3 heterocycles. The van der Waals surface area contributed by atoms with E-state index in [2.05, 4.69) is 20.6 Å². The van der Waals surface area contributed by atoms with Gasteiger partial charge in [-0.1, -0.05) is 0 Å². The van der Waals surface area contributed by atoms with Crippen LogP contribution in [0.25, 0.3) is 0 Å². The molecule has 2 aromatic rings. The smallest absolute Gasteiger partial charge is 0.271 e. The van der Waals surface area contributed by atoms with E-state index in [0.29, 0.717) is 26.1 Å². The Hall–Kier alpha value is -2.74. The summed E-state index contributed by atoms with van der Waals surface area (Å²) < 4.78 is 5.65. The topological polar surface area (TPSA) is 100 Å². The number of amides is 2. The third-order valence-electron chi connectivity index (χ3n) is 4.56. The highest BCUT2D eigenvalue weighted by molar-refractivity contribution is 5.92. The maximum absolute atomic E-state index is 12.5. The third kappa shape index (κ3) is 4.71. The lowest BCUT2D eigenvalue weighted by atomic mass is 10.1. The highest BCUT2D eigenvalue weighted by Crippen LogP contribution is 2.22. The Bertz CT molecular complexity index is 802. The van der Waals surface area contributed by atoms with Gasteiger partial charge in [-0.05, 0) is 39.3 Å². The Morgan fingerprint density at radius 3 is 2.70 bits per heavy atom. The molecule has 0 saturated carbocycles. The van der Waals surface area contributed by atoms with Gasteiger partial charge in [0.05, 0.1) is 24.5 Å². The molecule has 0 spiro atoms. The summed E-state index contributed by atoms with van der Waals surface area (Å²) in [6, 6.07) is 3.36. The minimum atomic E-state index is -0.315. The lowest BCUT2D eigenvalue weighted by Gasteiger charge is -2.22. The standard InChI is InChI=1S/C19H25N5O3/c1-4-20-19(26)17-7-14(10-24(17)11-15-6-5-13(3)27-15)23-18(25)16-9-21-12(2)8-22-16/h5-6,8-9,14,17H,4,7,10-11H2,1-3H3,(H,20,26)(H,23,25)/t14-,17-/m0/s1. The first-order chi connectivity index (χ1) is 13.0. The zero-order chi connectivity index (χ0) is 19.4. The number of nitrogens with zero attached hydrogens (tertiary/aromatic N) is 3. The van der Waals surface area contributed by atoms with Gasteiger partial charge < -0.3 is 15.1 Å². The summed E-state index contributed by atoms with van der Waals surface area (Å²) >= 11 is 0. The summed E-state index contributed by atoms with van der Waals surface area (Å²) in [5.74, 6) is 1.32. The minimum Gasteiger partial charge on any atom is -0.465 e. The summed E-state index contributed by atoms with van der Waals surface area (Å²) in [5, 5.41) is 5.84. The number of carbonyl (C=O) groups excluding carboxylic acids is 2. The van der Waals surface area contributed by atoms with Crippen LogP contribution >= 0.6 is 0 Å². The molecule has 2 N–H and O–H groups in total. The fourth-order valence-corrected chi connectivity index (χ4v) is 3.29. The van der Waals surface area contributed by atoms with Gasteiger partial charge >= 0.3 is 0 Å². The summed E-state index contributed by atoms with van der Waals surface area (Å²) in [4.78, 5) is 35.2. The summed E-state index contributed by atoms with van der Waals surface area (Å²) in [6.45, 7) is 7.25. The zero-order valence-corrected chi connectivity index (χ0v) is 15.9. The van der Waals surface area contributed by atoms with E-state index >= 15 is 0 Å². The molecule has 1 aliphatic heterocycles. The van der Waals surface area contributed by atoms with E-state index in [-0.39, 0.29) is 29.6 Å². The molecule has 0 unspecified atom stereocenters. The van der Waals surface area contributed by atoms with Gasteiger partial charge in [-0.2, -0.15) is 0 Å². The van der Waals surface area contributed by atoms with Gasteiger partial charge in [-0.15, -0.1) is 0 Å². The average molecular weight is 371 g/mol. The maximum atomic E-state index is 12.5. The van der Waals surface area contributed by atoms with Crippen LogP contribution in [0.3, 0.4) is 0 Å². The second kappa shape index (κ2) is 8.30. The van der Waals surface area contributed by atoms with E-state index in [4.69, 9.17) is 4.42 Å². The van der Waals surface area contributed by atoms with E-state index < -0.39 is 0 Å². The van der Waals surface area contributed by atoms with Crippen molar-refractivity contribution >= 4 is 11.8 Å². The largest absolute Gasteiger partial charge is 0.465 e. The predicted molar refractivity (Wildman–Crippen MR) is 99.0 cm³/mol. The SMILES string of the molecule is CCNC(=O)[C@@H]1C[C@H](NC(=O)c2cnc(C)cn2)CN1Cc1ccc(C)o1. The van der Waals surface area contributed by atoms with Crippen molar-refractivity contribution in [1.29, 1.82) is 0 Å². The Kier molecular flexibility index (Phi) is 5.85. The first kappa shape index (κ1) is 19.0. The van der Waals surface area contributed by atoms with Crippen molar-refractivity contribution in [2.45, 2.75) is 45.8 Å². The van der Waals surface area contributed by atoms with Crippen molar-refractivity contribution < 1.29 is 14.0 Å². The molecule has 2 atom stereocenters. The normalized spacial score (nSPS) is 19.8. The van der Waals surface area contributed by atoms with Crippen molar-refractivity contribution in [2.24, 2.45) is 0 Å². The molecule has 1 fully saturated rings. The number of likely N-dealkylation sites (N-methyl/N-ethyl adjacent to an activating group) is 1. The predicted octanol–water partition coefficient (Wildman–Crippen LogP) is 1.20. The summed E-state index contributed by atoms with van der Waals surface area (Å²) in [7, 11) is 0. The molecule has 0 bridgehead atoms. The zero-order valence-electron chi connectivity index (χ0n) is 15.9. The van der Waals surface area contributed by atoms with Gasteiger partial charge in [0.2, 0.25) is 5.91 Å². The van der Waals surface area contributed by atoms with Crippen LogP contribution in [0.2, 0.25) is 0 Å². The lowest BCUT2D eigenvalue weighted by molar-refractivity contribution is -0.125. The second-order valence-corrected chi connectivity index (χ2v) is 6.80. The van der Waals surface area contributed by atoms with Crippen LogP contribution < -0.4 is 10.6 Å². The Morgan fingerprint density at radius 1 is 1.26 bits per heavy atom. The Labute approximate surface area is 158 Å². The molecule has 8 heteroatoms. The van der Waals surface area contributed by atoms with Gasteiger partial charge in [-0.25, -0.2) is 4.98 Å². The quantitative estimate of drug-likeness (QED) is 0.791. The molecule has 2 aromatic heterocycles. The molecule has 144 valence electrons. The van der Waals surface area contributed by atoms with Gasteiger partial charge in [0.1, 0.15) is 17.2 Å². The van der Waals surface area contributed by atoms with Crippen LogP contribution in [-0.2, 0) is 11.3 Å². The number of furan rings is 1. The number of hydrogen-bond donors (Lipinski definition) is 2. The molecular formula is C19H25N5O3. The lowest BCUT2D eigenvalue weighted by Crippen LogP contribution is -2.42. The summed E-state index contributed by atoms with van der Waals surface area (Å²) in [6.07, 6.45) is 3.56. The highest BCUT2D eigenvalue weighted by atomic mass is 16.3. The first-order valence-electron chi connectivity index (χ1n) is 9.13. The molecule has 0 aliphatic carbocycles. The first-order valence-corrected chi connectivity index (χ1v) is 9.13. The fourth-order valence-electron chi connectivity index (χ4n) is 3.29. The molecule has 0 aromatic carbocycles. The van der Waals surface area contributed by atoms with Gasteiger partial charge in [0.25, 0.3) is 5.91 Å². The number of aryl methyl sites for hydroxylation is 2. The molecule has 0 radical (unpaired) electrons. The minimum absolute atomic E-state index is 0.0346. The number of carbonyl (C=O) groups is 2. The van der Waals surface area contributed by atoms with Crippen molar-refractivity contribution in [3.8, 4) is 0 Å². The van der Waals surface area contributed by atoms with Crippen molar-refractivity contribution in [3.05, 3.63) is 47.4 Å². The number of likely N-dealkylation sites (tertiary alicyclic amines) is 1. The third-order valence-corrected chi connectivity index (χ3v) is 4.56. The molecule has 8 nitrogen and oxygen atoms in total. The molecule has 3 rings (SSSR count). The molecule has 2 amide bonds. The van der Waals surface area contributed by atoms with E-state index in [1.807, 2.05) is 37.8 Å². The van der Waals surface area contributed by atoms with E-state index in [1.165, 1.54) is 6.20 Å². The van der Waals surface area contributed by atoms with Crippen molar-refractivity contribution in [1.82, 2.24) is 25.5 Å². The molecule has 1 aliphatic rings. The van der Waals surface area contributed by atoms with Crippen LogP contribution in [0.5, 0.6) is 0 Å². The Morgan fingerprint density at radius 2 is 2.07 bits per heavy atom. The number of aromatic nitrogens is 2. The average Bonchev–Trinajstić information content (AvgIpc) is 3.22. The van der Waals surface area contributed by atoms with Crippen molar-refractivity contribution in [3.63, 3.8) is 0 Å². The van der Waals surface area contributed by atoms with Gasteiger partial charge in [0.15, 0.2) is 0 Å². The monoisotopic (exact) mass is 371 g/mol. The maximum Gasteiger partial charge on any atom is 0.271 e. The van der Waals surface area contributed by atoms with Crippen LogP contribution in [0.1, 0.15) is 41.0 Å². The number of rotatable bonds is 6. The van der Waals surface area contributed by atoms with E-state index in [0.717, 1.165) is 17.2 Å². The molecule has 1 saturated heterocycles. The van der Waals surface area contributed by atoms with E-state index in [1.54, 1.807) is 6.20 Å². The summed E-state index contributed by atoms with van der Waals surface area (Å²) in [5.41, 5.74) is 1.03. The fraction of sp³-hybridized carbons (Fsp3) is 0.474. The van der Waals surface area contributed by atoms with Crippen LogP contribution in [0, 0.1) is 13.8 Å². The van der Waals surface area contributed by atoms with Gasteiger partial charge in [0, 0.05) is 25.3 Å². The number of nitrogens with one attached hydrogen (secondary N) is 2. The van der Waals surface area contributed by atoms with Crippen LogP contribution in [0.15, 0.2) is 28.9 Å². The van der Waals surface area contributed by atoms with Crippen LogP contribution in [0.4, 0.5) is 0 Å². The second-order valence-electron chi connectivity index (χ2n) is 6.80.